The molecule has 0 N–H and O–H groups in total. The van der Waals surface area contributed by atoms with Crippen LogP contribution in [-0.4, -0.2) is 44.9 Å². The molecule has 0 aliphatic heterocycles. The second-order valence-electron chi connectivity index (χ2n) is 14.0. The molecule has 0 atom stereocenters. The first-order valence-electron chi connectivity index (χ1n) is 19.4. The van der Waals surface area contributed by atoms with Crippen LogP contribution in [0.15, 0.2) is 201 Å². The van der Waals surface area contributed by atoms with Crippen molar-refractivity contribution in [3.63, 3.8) is 0 Å². The highest BCUT2D eigenvalue weighted by Gasteiger charge is 2.14. The van der Waals surface area contributed by atoms with Gasteiger partial charge in [0.25, 0.3) is 0 Å². The fourth-order valence-corrected chi connectivity index (χ4v) is 6.88. The molecule has 3 aromatic carbocycles. The van der Waals surface area contributed by atoms with Crippen molar-refractivity contribution in [2.24, 2.45) is 0 Å². The first-order chi connectivity index (χ1) is 29.7. The van der Waals surface area contributed by atoms with E-state index in [9.17, 15) is 0 Å². The Balaban J connectivity index is 0.960. The van der Waals surface area contributed by atoms with Crippen LogP contribution in [0.25, 0.3) is 102 Å². The Morgan fingerprint density at radius 2 is 0.450 bits per heavy atom. The molecule has 0 unspecified atom stereocenters. The van der Waals surface area contributed by atoms with E-state index in [0.717, 1.165) is 84.2 Å². The van der Waals surface area contributed by atoms with Crippen molar-refractivity contribution in [2.45, 2.75) is 0 Å². The van der Waals surface area contributed by atoms with Gasteiger partial charge in [-0.25, -0.2) is 15.0 Å². The van der Waals surface area contributed by atoms with Crippen molar-refractivity contribution in [1.82, 2.24) is 44.9 Å². The highest BCUT2D eigenvalue weighted by atomic mass is 15.0. The molecule has 60 heavy (non-hydrogen) atoms. The van der Waals surface area contributed by atoms with Gasteiger partial charge in [-0.15, -0.1) is 0 Å². The lowest BCUT2D eigenvalue weighted by molar-refractivity contribution is 1.07. The zero-order chi connectivity index (χ0) is 40.1. The van der Waals surface area contributed by atoms with Gasteiger partial charge >= 0.3 is 0 Å². The number of pyridine rings is 6. The Labute approximate surface area is 346 Å². The van der Waals surface area contributed by atoms with Crippen molar-refractivity contribution in [3.05, 3.63) is 201 Å². The lowest BCUT2D eigenvalue weighted by atomic mass is 10.1. The Kier molecular flexibility index (Phi) is 9.71. The largest absolute Gasteiger partial charge is 0.256 e. The van der Waals surface area contributed by atoms with Crippen LogP contribution in [0.2, 0.25) is 0 Å². The summed E-state index contributed by atoms with van der Waals surface area (Å²) in [5.74, 6) is 1.69. The molecule has 0 saturated heterocycles. The van der Waals surface area contributed by atoms with E-state index < -0.39 is 0 Å². The minimum Gasteiger partial charge on any atom is -0.256 e. The quantitative estimate of drug-likeness (QED) is 0.141. The molecule has 0 saturated carbocycles. The molecule has 10 aromatic rings. The van der Waals surface area contributed by atoms with Gasteiger partial charge in [-0.05, 0) is 72.8 Å². The number of benzene rings is 3. The Morgan fingerprint density at radius 3 is 0.683 bits per heavy atom. The summed E-state index contributed by atoms with van der Waals surface area (Å²) in [6.45, 7) is 0. The predicted molar refractivity (Wildman–Crippen MR) is 236 cm³/mol. The molecule has 0 aliphatic rings. The van der Waals surface area contributed by atoms with Crippen LogP contribution in [0.3, 0.4) is 0 Å². The SMILES string of the molecule is c1ccc(-c2ccc(-c3ccc(-c4nc(-c5ccc(-c6ccc(-c7ccccn7)cn6)cc5)nc(-c5ccc(-c6ccc(-c7ccccn7)cn6)cc5)n4)cc3)nc2)nc1. The predicted octanol–water partition coefficient (Wildman–Crippen LogP) is 11.2. The van der Waals surface area contributed by atoms with Crippen LogP contribution < -0.4 is 0 Å². The normalized spacial score (nSPS) is 11.0. The molecular weight excluding hydrogens is 739 g/mol. The van der Waals surface area contributed by atoms with Gasteiger partial charge < -0.3 is 0 Å². The molecule has 0 fully saturated rings. The molecule has 0 bridgehead atoms. The molecule has 282 valence electrons. The molecule has 10 rings (SSSR count). The minimum atomic E-state index is 0.562. The van der Waals surface area contributed by atoms with Gasteiger partial charge in [-0.3, -0.25) is 29.9 Å². The summed E-state index contributed by atoms with van der Waals surface area (Å²) in [7, 11) is 0. The van der Waals surface area contributed by atoms with Crippen LogP contribution in [0.1, 0.15) is 0 Å². The third kappa shape index (κ3) is 7.66. The summed E-state index contributed by atoms with van der Waals surface area (Å²) >= 11 is 0. The second-order valence-corrected chi connectivity index (χ2v) is 14.0. The van der Waals surface area contributed by atoms with E-state index in [2.05, 4.69) is 15.0 Å². The van der Waals surface area contributed by atoms with E-state index in [4.69, 9.17) is 29.9 Å². The van der Waals surface area contributed by atoms with Gasteiger partial charge in [0, 0.05) is 87.3 Å². The summed E-state index contributed by atoms with van der Waals surface area (Å²) in [6.07, 6.45) is 10.9. The molecule has 0 spiro atoms. The van der Waals surface area contributed by atoms with E-state index in [0.29, 0.717) is 17.5 Å². The average Bonchev–Trinajstić information content (AvgIpc) is 3.35. The maximum atomic E-state index is 5.01. The van der Waals surface area contributed by atoms with Crippen LogP contribution in [0.5, 0.6) is 0 Å². The van der Waals surface area contributed by atoms with E-state index in [-0.39, 0.29) is 0 Å². The van der Waals surface area contributed by atoms with Gasteiger partial charge in [0.2, 0.25) is 0 Å². The van der Waals surface area contributed by atoms with E-state index >= 15 is 0 Å². The zero-order valence-electron chi connectivity index (χ0n) is 32.1. The van der Waals surface area contributed by atoms with Gasteiger partial charge in [0.1, 0.15) is 0 Å². The molecule has 0 radical (unpaired) electrons. The summed E-state index contributed by atoms with van der Waals surface area (Å²) in [6, 6.07) is 54.2. The van der Waals surface area contributed by atoms with Crippen LogP contribution in [0, 0.1) is 0 Å². The third-order valence-electron chi connectivity index (χ3n) is 10.1. The summed E-state index contributed by atoms with van der Waals surface area (Å²) in [4.78, 5) is 42.6. The van der Waals surface area contributed by atoms with E-state index in [1.54, 1.807) is 18.6 Å². The monoisotopic (exact) mass is 771 g/mol. The fourth-order valence-electron chi connectivity index (χ4n) is 6.88. The standard InChI is InChI=1S/C51H33N9/c1-4-28-52-43(7-1)40-22-25-46(55-31-40)34-10-16-37(17-11-34)49-58-50(38-18-12-35(13-19-38)47-26-23-41(32-56-47)44-8-2-5-29-53-44)60-51(59-49)39-20-14-36(15-21-39)48-27-24-42(33-57-48)45-9-3-6-30-54-45/h1-33H. The fraction of sp³-hybridized carbons (Fsp3) is 0. The van der Waals surface area contributed by atoms with Crippen molar-refractivity contribution in [2.75, 3.05) is 0 Å². The zero-order valence-corrected chi connectivity index (χ0v) is 32.1. The van der Waals surface area contributed by atoms with Crippen molar-refractivity contribution < 1.29 is 0 Å². The van der Waals surface area contributed by atoms with Crippen molar-refractivity contribution in [3.8, 4) is 102 Å². The number of hydrogen-bond acceptors (Lipinski definition) is 9. The van der Waals surface area contributed by atoms with Gasteiger partial charge in [-0.2, -0.15) is 0 Å². The first kappa shape index (κ1) is 35.9. The topological polar surface area (TPSA) is 116 Å². The Hall–Kier alpha value is -8.43. The van der Waals surface area contributed by atoms with E-state index in [1.807, 2.05) is 182 Å². The molecule has 9 nitrogen and oxygen atoms in total. The Morgan fingerprint density at radius 1 is 0.200 bits per heavy atom. The van der Waals surface area contributed by atoms with Crippen molar-refractivity contribution in [1.29, 1.82) is 0 Å². The number of rotatable bonds is 9. The average molecular weight is 772 g/mol. The summed E-state index contributed by atoms with van der Waals surface area (Å²) in [5, 5.41) is 0. The van der Waals surface area contributed by atoms with Crippen LogP contribution >= 0.6 is 0 Å². The Bertz CT molecular complexity index is 2650. The summed E-state index contributed by atoms with van der Waals surface area (Å²) in [5.41, 5.74) is 13.7. The molecule has 7 aromatic heterocycles. The highest BCUT2D eigenvalue weighted by molar-refractivity contribution is 5.73. The van der Waals surface area contributed by atoms with Gasteiger partial charge in [0.05, 0.1) is 34.2 Å². The molecule has 9 heteroatoms. The maximum Gasteiger partial charge on any atom is 0.164 e. The van der Waals surface area contributed by atoms with E-state index in [1.165, 1.54) is 0 Å². The highest BCUT2D eigenvalue weighted by Crippen LogP contribution is 2.30. The molecular formula is C51H33N9. The third-order valence-corrected chi connectivity index (χ3v) is 10.1. The lowest BCUT2D eigenvalue weighted by Crippen LogP contribution is -2.00. The number of hydrogen-bond donors (Lipinski definition) is 0. The molecule has 0 aliphatic carbocycles. The summed E-state index contributed by atoms with van der Waals surface area (Å²) < 4.78 is 0. The molecule has 7 heterocycles. The number of nitrogens with zero attached hydrogens (tertiary/aromatic N) is 9. The first-order valence-corrected chi connectivity index (χ1v) is 19.4. The maximum absolute atomic E-state index is 5.01. The van der Waals surface area contributed by atoms with Gasteiger partial charge in [-0.1, -0.05) is 91.0 Å². The van der Waals surface area contributed by atoms with Gasteiger partial charge in [0.15, 0.2) is 17.5 Å². The van der Waals surface area contributed by atoms with Crippen molar-refractivity contribution >= 4 is 0 Å². The molecule has 0 amide bonds. The lowest BCUT2D eigenvalue weighted by Gasteiger charge is -2.10. The van der Waals surface area contributed by atoms with Crippen LogP contribution in [0.4, 0.5) is 0 Å². The number of aromatic nitrogens is 9. The minimum absolute atomic E-state index is 0.562. The van der Waals surface area contributed by atoms with Crippen LogP contribution in [-0.2, 0) is 0 Å². The smallest absolute Gasteiger partial charge is 0.164 e. The second kappa shape index (κ2) is 16.2.